The van der Waals surface area contributed by atoms with Gasteiger partial charge in [0.1, 0.15) is 5.03 Å². The number of amides is 1. The summed E-state index contributed by atoms with van der Waals surface area (Å²) in [5.41, 5.74) is 0.651. The second kappa shape index (κ2) is 6.44. The lowest BCUT2D eigenvalue weighted by Crippen LogP contribution is -2.37. The highest BCUT2D eigenvalue weighted by atomic mass is 32.2. The number of hydrogen-bond donors (Lipinski definition) is 1. The molecule has 3 heterocycles. The molecule has 3 rings (SSSR count). The molecule has 21 heavy (non-hydrogen) atoms. The maximum atomic E-state index is 12.4. The Bertz CT molecular complexity index is 617. The van der Waals surface area contributed by atoms with Gasteiger partial charge in [-0.2, -0.15) is 0 Å². The van der Waals surface area contributed by atoms with E-state index in [0.29, 0.717) is 5.56 Å². The Balaban J connectivity index is 1.64. The first-order chi connectivity index (χ1) is 10.3. The minimum absolute atomic E-state index is 0.0431. The van der Waals surface area contributed by atoms with Gasteiger partial charge in [-0.05, 0) is 24.8 Å². The van der Waals surface area contributed by atoms with Crippen molar-refractivity contribution >= 4 is 34.1 Å². The Morgan fingerprint density at radius 3 is 3.14 bits per heavy atom. The summed E-state index contributed by atoms with van der Waals surface area (Å²) in [7, 11) is 0. The predicted molar refractivity (Wildman–Crippen MR) is 86.2 cm³/mol. The number of thioether (sulfide) groups is 1. The minimum Gasteiger partial charge on any atom is -0.347 e. The van der Waals surface area contributed by atoms with Gasteiger partial charge < -0.3 is 10.2 Å². The third-order valence-electron chi connectivity index (χ3n) is 3.42. The van der Waals surface area contributed by atoms with E-state index < -0.39 is 0 Å². The van der Waals surface area contributed by atoms with Gasteiger partial charge in [-0.15, -0.1) is 23.1 Å². The van der Waals surface area contributed by atoms with Gasteiger partial charge in [-0.1, -0.05) is 0 Å². The van der Waals surface area contributed by atoms with E-state index in [1.54, 1.807) is 23.6 Å². The number of pyridine rings is 1. The summed E-state index contributed by atoms with van der Waals surface area (Å²) >= 11 is 3.12. The molecule has 7 heteroatoms. The fourth-order valence-corrected chi connectivity index (χ4v) is 3.64. The van der Waals surface area contributed by atoms with E-state index in [1.807, 2.05) is 23.9 Å². The van der Waals surface area contributed by atoms with Gasteiger partial charge in [0.05, 0.1) is 5.56 Å². The molecule has 1 aliphatic heterocycles. The molecular weight excluding hydrogens is 304 g/mol. The van der Waals surface area contributed by atoms with Crippen LogP contribution in [0.5, 0.6) is 0 Å². The number of thiazole rings is 1. The number of hydrogen-bond acceptors (Lipinski definition) is 6. The highest BCUT2D eigenvalue weighted by Gasteiger charge is 2.26. The normalized spacial score (nSPS) is 18.0. The van der Waals surface area contributed by atoms with Crippen molar-refractivity contribution in [3.63, 3.8) is 0 Å². The fraction of sp³-hybridized carbons (Fsp3) is 0.357. The van der Waals surface area contributed by atoms with Crippen molar-refractivity contribution in [3.05, 3.63) is 35.5 Å². The molecule has 0 unspecified atom stereocenters. The molecule has 0 spiro atoms. The lowest BCUT2D eigenvalue weighted by Gasteiger charge is -2.16. The molecule has 1 fully saturated rings. The van der Waals surface area contributed by atoms with Gasteiger partial charge in [0.2, 0.25) is 0 Å². The molecule has 5 nitrogen and oxygen atoms in total. The molecule has 1 saturated heterocycles. The van der Waals surface area contributed by atoms with Gasteiger partial charge >= 0.3 is 0 Å². The van der Waals surface area contributed by atoms with Crippen molar-refractivity contribution in [1.29, 1.82) is 0 Å². The number of carbonyl (C=O) groups excluding carboxylic acids is 1. The first-order valence-corrected chi connectivity index (χ1v) is 8.82. The number of rotatable bonds is 4. The van der Waals surface area contributed by atoms with Crippen LogP contribution in [0.1, 0.15) is 16.8 Å². The SMILES string of the molecule is CSc1ncccc1C(=O)N[C@@H]1CCN(c2nccs2)C1. The minimum atomic E-state index is -0.0431. The summed E-state index contributed by atoms with van der Waals surface area (Å²) in [4.78, 5) is 23.1. The molecule has 0 radical (unpaired) electrons. The van der Waals surface area contributed by atoms with Crippen LogP contribution in [0.2, 0.25) is 0 Å². The number of carbonyl (C=O) groups is 1. The molecule has 2 aromatic rings. The van der Waals surface area contributed by atoms with Crippen LogP contribution in [0.25, 0.3) is 0 Å². The molecule has 1 atom stereocenters. The zero-order valence-electron chi connectivity index (χ0n) is 11.7. The zero-order valence-corrected chi connectivity index (χ0v) is 13.3. The Morgan fingerprint density at radius 2 is 2.38 bits per heavy atom. The third-order valence-corrected chi connectivity index (χ3v) is 4.97. The highest BCUT2D eigenvalue weighted by molar-refractivity contribution is 7.98. The van der Waals surface area contributed by atoms with E-state index in [2.05, 4.69) is 20.2 Å². The first-order valence-electron chi connectivity index (χ1n) is 6.72. The van der Waals surface area contributed by atoms with E-state index in [-0.39, 0.29) is 11.9 Å². The summed E-state index contributed by atoms with van der Waals surface area (Å²) in [6.45, 7) is 1.75. The van der Waals surface area contributed by atoms with Crippen LogP contribution in [0, 0.1) is 0 Å². The molecule has 110 valence electrons. The Morgan fingerprint density at radius 1 is 1.48 bits per heavy atom. The molecular formula is C14H16N4OS2. The average Bonchev–Trinajstić information content (AvgIpc) is 3.17. The zero-order chi connectivity index (χ0) is 14.7. The second-order valence-corrected chi connectivity index (χ2v) is 6.45. The summed E-state index contributed by atoms with van der Waals surface area (Å²) in [6.07, 6.45) is 6.40. The van der Waals surface area contributed by atoms with Crippen molar-refractivity contribution < 1.29 is 4.79 Å². The van der Waals surface area contributed by atoms with E-state index in [1.165, 1.54) is 11.8 Å². The van der Waals surface area contributed by atoms with Crippen molar-refractivity contribution in [3.8, 4) is 0 Å². The summed E-state index contributed by atoms with van der Waals surface area (Å²) in [6, 6.07) is 3.78. The maximum Gasteiger partial charge on any atom is 0.254 e. The topological polar surface area (TPSA) is 58.1 Å². The molecule has 0 bridgehead atoms. The highest BCUT2D eigenvalue weighted by Crippen LogP contribution is 2.23. The van der Waals surface area contributed by atoms with Crippen LogP contribution in [0.15, 0.2) is 34.9 Å². The van der Waals surface area contributed by atoms with Gasteiger partial charge in [0, 0.05) is 36.9 Å². The van der Waals surface area contributed by atoms with Crippen molar-refractivity contribution in [2.45, 2.75) is 17.5 Å². The quantitative estimate of drug-likeness (QED) is 0.876. The lowest BCUT2D eigenvalue weighted by molar-refractivity contribution is 0.0936. The molecule has 0 aliphatic carbocycles. The number of anilines is 1. The van der Waals surface area contributed by atoms with Gasteiger partial charge in [0.25, 0.3) is 5.91 Å². The van der Waals surface area contributed by atoms with E-state index >= 15 is 0 Å². The third kappa shape index (κ3) is 3.19. The van der Waals surface area contributed by atoms with Crippen molar-refractivity contribution in [2.24, 2.45) is 0 Å². The van der Waals surface area contributed by atoms with E-state index in [0.717, 1.165) is 29.7 Å². The average molecular weight is 320 g/mol. The Hall–Kier alpha value is -1.60. The Labute approximate surface area is 131 Å². The predicted octanol–water partition coefficient (Wildman–Crippen LogP) is 2.27. The molecule has 1 amide bonds. The standard InChI is InChI=1S/C14H16N4OS2/c1-20-13-11(3-2-5-15-13)12(19)17-10-4-7-18(9-10)14-16-6-8-21-14/h2-3,5-6,8,10H,4,7,9H2,1H3,(H,17,19)/t10-/m1/s1. The molecule has 1 aliphatic rings. The first kappa shape index (κ1) is 14.3. The Kier molecular flexibility index (Phi) is 4.40. The number of nitrogens with zero attached hydrogens (tertiary/aromatic N) is 3. The van der Waals surface area contributed by atoms with Crippen molar-refractivity contribution in [1.82, 2.24) is 15.3 Å². The molecule has 0 saturated carbocycles. The number of aromatic nitrogens is 2. The molecule has 2 aromatic heterocycles. The number of nitrogens with one attached hydrogen (secondary N) is 1. The maximum absolute atomic E-state index is 12.4. The van der Waals surface area contributed by atoms with Crippen LogP contribution in [0.3, 0.4) is 0 Å². The van der Waals surface area contributed by atoms with E-state index in [9.17, 15) is 4.79 Å². The summed E-state index contributed by atoms with van der Waals surface area (Å²) in [5.74, 6) is -0.0431. The van der Waals surface area contributed by atoms with Gasteiger partial charge in [-0.25, -0.2) is 9.97 Å². The summed E-state index contributed by atoms with van der Waals surface area (Å²) in [5, 5.41) is 6.87. The van der Waals surface area contributed by atoms with Crippen LogP contribution < -0.4 is 10.2 Å². The lowest BCUT2D eigenvalue weighted by atomic mass is 10.2. The van der Waals surface area contributed by atoms with Gasteiger partial charge in [-0.3, -0.25) is 4.79 Å². The van der Waals surface area contributed by atoms with Crippen molar-refractivity contribution in [2.75, 3.05) is 24.2 Å². The van der Waals surface area contributed by atoms with Crippen LogP contribution in [-0.2, 0) is 0 Å². The van der Waals surface area contributed by atoms with E-state index in [4.69, 9.17) is 0 Å². The second-order valence-electron chi connectivity index (χ2n) is 4.78. The largest absolute Gasteiger partial charge is 0.347 e. The van der Waals surface area contributed by atoms with Crippen LogP contribution in [-0.4, -0.2) is 41.3 Å². The summed E-state index contributed by atoms with van der Waals surface area (Å²) < 4.78 is 0. The van der Waals surface area contributed by atoms with Crippen LogP contribution in [0.4, 0.5) is 5.13 Å². The molecule has 1 N–H and O–H groups in total. The monoisotopic (exact) mass is 320 g/mol. The van der Waals surface area contributed by atoms with Crippen LogP contribution >= 0.6 is 23.1 Å². The van der Waals surface area contributed by atoms with Gasteiger partial charge in [0.15, 0.2) is 5.13 Å². The smallest absolute Gasteiger partial charge is 0.254 e. The fourth-order valence-electron chi connectivity index (χ4n) is 2.41. The molecule has 0 aromatic carbocycles.